The molecule has 0 spiro atoms. The van der Waals surface area contributed by atoms with E-state index in [1.54, 1.807) is 48.7 Å². The third-order valence-corrected chi connectivity index (χ3v) is 5.78. The van der Waals surface area contributed by atoms with E-state index in [0.29, 0.717) is 48.0 Å². The van der Waals surface area contributed by atoms with Gasteiger partial charge in [-0.15, -0.1) is 0 Å². The number of benzene rings is 2. The van der Waals surface area contributed by atoms with E-state index in [4.69, 9.17) is 14.2 Å². The van der Waals surface area contributed by atoms with E-state index < -0.39 is 5.97 Å². The van der Waals surface area contributed by atoms with Crippen LogP contribution in [0.15, 0.2) is 47.6 Å². The Morgan fingerprint density at radius 1 is 0.784 bits per heavy atom. The number of nitrogens with one attached hydrogen (secondary N) is 1. The molecule has 0 aliphatic carbocycles. The molecule has 37 heavy (non-hydrogen) atoms. The number of unbranched alkanes of at least 4 members (excludes halogenated alkanes) is 8. The minimum Gasteiger partial charge on any atom is -0.494 e. The second-order valence-electron chi connectivity index (χ2n) is 8.86. The summed E-state index contributed by atoms with van der Waals surface area (Å²) >= 11 is 0. The predicted molar refractivity (Wildman–Crippen MR) is 148 cm³/mol. The minimum atomic E-state index is -0.492. The number of nitrogens with zero attached hydrogens (tertiary/aromatic N) is 1. The largest absolute Gasteiger partial charge is 0.494 e. The molecule has 2 aromatic carbocycles. The molecule has 0 saturated carbocycles. The van der Waals surface area contributed by atoms with Crippen molar-refractivity contribution in [2.75, 3.05) is 13.2 Å². The monoisotopic (exact) mass is 510 g/mol. The van der Waals surface area contributed by atoms with Crippen molar-refractivity contribution in [1.29, 1.82) is 0 Å². The summed E-state index contributed by atoms with van der Waals surface area (Å²) in [6.07, 6.45) is 12.9. The lowest BCUT2D eigenvalue weighted by molar-refractivity contribution is -0.121. The first kappa shape index (κ1) is 29.9. The second kappa shape index (κ2) is 18.0. The van der Waals surface area contributed by atoms with E-state index in [1.807, 2.05) is 13.8 Å². The van der Waals surface area contributed by atoms with Gasteiger partial charge >= 0.3 is 5.97 Å². The summed E-state index contributed by atoms with van der Waals surface area (Å²) in [6.45, 7) is 6.95. The van der Waals surface area contributed by atoms with Crippen LogP contribution in [-0.2, 0) is 4.79 Å². The van der Waals surface area contributed by atoms with E-state index in [0.717, 1.165) is 12.8 Å². The summed E-state index contributed by atoms with van der Waals surface area (Å²) in [5.74, 6) is 0.844. The molecule has 0 bridgehead atoms. The average Bonchev–Trinajstić information content (AvgIpc) is 2.90. The fraction of sp³-hybridized carbons (Fsp3) is 0.500. The molecule has 202 valence electrons. The van der Waals surface area contributed by atoms with Crippen LogP contribution < -0.4 is 19.6 Å². The smallest absolute Gasteiger partial charge is 0.343 e. The van der Waals surface area contributed by atoms with E-state index >= 15 is 0 Å². The first-order valence-corrected chi connectivity index (χ1v) is 13.6. The molecule has 1 N–H and O–H groups in total. The van der Waals surface area contributed by atoms with Gasteiger partial charge in [0.1, 0.15) is 5.75 Å². The van der Waals surface area contributed by atoms with E-state index in [2.05, 4.69) is 17.5 Å². The minimum absolute atomic E-state index is 0.0925. The first-order chi connectivity index (χ1) is 18.1. The maximum atomic E-state index is 12.6. The molecule has 2 rings (SSSR count). The summed E-state index contributed by atoms with van der Waals surface area (Å²) in [5, 5.41) is 4.06. The van der Waals surface area contributed by atoms with Crippen LogP contribution in [0.2, 0.25) is 0 Å². The molecule has 0 unspecified atom stereocenters. The molecule has 0 aliphatic rings. The molecule has 7 nitrogen and oxygen atoms in total. The van der Waals surface area contributed by atoms with Gasteiger partial charge in [-0.05, 0) is 68.3 Å². The van der Waals surface area contributed by atoms with Gasteiger partial charge in [-0.1, -0.05) is 58.3 Å². The molecule has 0 heterocycles. The zero-order valence-electron chi connectivity index (χ0n) is 22.6. The quantitative estimate of drug-likeness (QED) is 0.0762. The fourth-order valence-corrected chi connectivity index (χ4v) is 3.80. The number of hydrogen-bond donors (Lipinski definition) is 1. The highest BCUT2D eigenvalue weighted by Crippen LogP contribution is 2.29. The Hall–Kier alpha value is -3.35. The van der Waals surface area contributed by atoms with Crippen LogP contribution in [0.1, 0.15) is 101 Å². The molecular formula is C30H42N2O5. The molecular weight excluding hydrogens is 468 g/mol. The predicted octanol–water partition coefficient (Wildman–Crippen LogP) is 7.07. The summed E-state index contributed by atoms with van der Waals surface area (Å²) in [7, 11) is 0. The number of rotatable bonds is 18. The zero-order chi connectivity index (χ0) is 26.7. The van der Waals surface area contributed by atoms with Crippen molar-refractivity contribution in [2.45, 2.75) is 85.0 Å². The highest BCUT2D eigenvalue weighted by molar-refractivity contribution is 5.91. The summed E-state index contributed by atoms with van der Waals surface area (Å²) in [6, 6.07) is 11.9. The summed E-state index contributed by atoms with van der Waals surface area (Å²) in [5.41, 5.74) is 3.71. The third kappa shape index (κ3) is 12.0. The highest BCUT2D eigenvalue weighted by atomic mass is 16.6. The molecule has 0 saturated heterocycles. The lowest BCUT2D eigenvalue weighted by Crippen LogP contribution is -2.16. The molecule has 0 fully saturated rings. The van der Waals surface area contributed by atoms with Crippen molar-refractivity contribution in [3.05, 3.63) is 53.6 Å². The lowest BCUT2D eigenvalue weighted by atomic mass is 10.1. The molecule has 0 atom stereocenters. The van der Waals surface area contributed by atoms with Gasteiger partial charge in [0.15, 0.2) is 11.5 Å². The molecule has 1 amide bonds. The first-order valence-electron chi connectivity index (χ1n) is 13.6. The van der Waals surface area contributed by atoms with Crippen LogP contribution in [0.4, 0.5) is 0 Å². The van der Waals surface area contributed by atoms with Gasteiger partial charge in [-0.25, -0.2) is 10.2 Å². The Labute approximate surface area is 221 Å². The Kier molecular flexibility index (Phi) is 14.5. The van der Waals surface area contributed by atoms with Crippen LogP contribution in [0.25, 0.3) is 0 Å². The molecule has 0 aromatic heterocycles. The van der Waals surface area contributed by atoms with Crippen LogP contribution in [0, 0.1) is 0 Å². The lowest BCUT2D eigenvalue weighted by Gasteiger charge is -2.11. The van der Waals surface area contributed by atoms with Crippen LogP contribution in [-0.4, -0.2) is 31.3 Å². The molecule has 0 radical (unpaired) electrons. The fourth-order valence-electron chi connectivity index (χ4n) is 3.80. The van der Waals surface area contributed by atoms with E-state index in [1.165, 1.54) is 44.9 Å². The number of hydrazone groups is 1. The third-order valence-electron chi connectivity index (χ3n) is 5.78. The van der Waals surface area contributed by atoms with Gasteiger partial charge in [0.05, 0.1) is 25.0 Å². The Morgan fingerprint density at radius 2 is 1.43 bits per heavy atom. The Balaban J connectivity index is 1.80. The van der Waals surface area contributed by atoms with Gasteiger partial charge in [0.25, 0.3) is 0 Å². The second-order valence-corrected chi connectivity index (χ2v) is 8.86. The Morgan fingerprint density at radius 3 is 2.08 bits per heavy atom. The van der Waals surface area contributed by atoms with Crippen molar-refractivity contribution in [3.8, 4) is 17.2 Å². The van der Waals surface area contributed by atoms with Crippen molar-refractivity contribution < 1.29 is 23.8 Å². The molecule has 7 heteroatoms. The number of esters is 1. The van der Waals surface area contributed by atoms with Crippen molar-refractivity contribution in [2.24, 2.45) is 5.10 Å². The number of carbonyl (C=O) groups is 2. The topological polar surface area (TPSA) is 86.2 Å². The highest BCUT2D eigenvalue weighted by Gasteiger charge is 2.13. The van der Waals surface area contributed by atoms with Crippen LogP contribution >= 0.6 is 0 Å². The van der Waals surface area contributed by atoms with Gasteiger partial charge in [0, 0.05) is 6.42 Å². The molecule has 2 aromatic rings. The molecule has 0 aliphatic heterocycles. The van der Waals surface area contributed by atoms with Crippen LogP contribution in [0.3, 0.4) is 0 Å². The number of ether oxygens (including phenoxy) is 3. The van der Waals surface area contributed by atoms with Gasteiger partial charge in [-0.3, -0.25) is 4.79 Å². The number of hydrogen-bond acceptors (Lipinski definition) is 6. The number of amides is 1. The van der Waals surface area contributed by atoms with Gasteiger partial charge in [0.2, 0.25) is 5.91 Å². The summed E-state index contributed by atoms with van der Waals surface area (Å²) < 4.78 is 16.6. The average molecular weight is 511 g/mol. The van der Waals surface area contributed by atoms with E-state index in [9.17, 15) is 9.59 Å². The SMILES string of the molecule is CCCCCCCCCCCC(=O)N/N=C\c1ccc(OC(=O)c2ccc(OCC)cc2)c(OCC)c1. The van der Waals surface area contributed by atoms with E-state index in [-0.39, 0.29) is 5.91 Å². The van der Waals surface area contributed by atoms with Crippen molar-refractivity contribution in [1.82, 2.24) is 5.43 Å². The van der Waals surface area contributed by atoms with Crippen molar-refractivity contribution >= 4 is 18.1 Å². The summed E-state index contributed by atoms with van der Waals surface area (Å²) in [4.78, 5) is 24.6. The maximum absolute atomic E-state index is 12.6. The van der Waals surface area contributed by atoms with Crippen LogP contribution in [0.5, 0.6) is 17.2 Å². The normalized spacial score (nSPS) is 10.9. The maximum Gasteiger partial charge on any atom is 0.343 e. The standard InChI is InChI=1S/C30H42N2O5/c1-4-7-8-9-10-11-12-13-14-15-29(33)32-31-23-24-16-21-27(28(22-24)36-6-3)37-30(34)25-17-19-26(20-18-25)35-5-2/h16-23H,4-15H2,1-3H3,(H,32,33)/b31-23-. The van der Waals surface area contributed by atoms with Gasteiger partial charge in [-0.2, -0.15) is 5.10 Å². The van der Waals surface area contributed by atoms with Gasteiger partial charge < -0.3 is 14.2 Å². The number of carbonyl (C=O) groups excluding carboxylic acids is 2. The zero-order valence-corrected chi connectivity index (χ0v) is 22.6. The van der Waals surface area contributed by atoms with Crippen molar-refractivity contribution in [3.63, 3.8) is 0 Å². The Bertz CT molecular complexity index is 972.